The molecule has 2 N–H and O–H groups in total. The highest BCUT2D eigenvalue weighted by Gasteiger charge is 2.15. The molecular formula is C15H23ClN2O3. The monoisotopic (exact) mass is 314 g/mol. The summed E-state index contributed by atoms with van der Waals surface area (Å²) in [6.07, 6.45) is -0.612. The van der Waals surface area contributed by atoms with Gasteiger partial charge in [-0.1, -0.05) is 24.6 Å². The topological polar surface area (TPSA) is 59.6 Å². The van der Waals surface area contributed by atoms with E-state index >= 15 is 0 Å². The highest BCUT2D eigenvalue weighted by Crippen LogP contribution is 2.26. The summed E-state index contributed by atoms with van der Waals surface area (Å²) in [6.45, 7) is 6.31. The van der Waals surface area contributed by atoms with Crippen LogP contribution in [0.4, 0.5) is 0 Å². The van der Waals surface area contributed by atoms with Crippen molar-refractivity contribution in [3.63, 3.8) is 0 Å². The van der Waals surface area contributed by atoms with Gasteiger partial charge in [-0.15, -0.1) is 0 Å². The van der Waals surface area contributed by atoms with Gasteiger partial charge in [0.1, 0.15) is 5.75 Å². The Kier molecular flexibility index (Phi) is 8.12. The molecule has 1 rings (SSSR count). The van der Waals surface area contributed by atoms with Crippen LogP contribution in [-0.2, 0) is 16.1 Å². The molecule has 118 valence electrons. The largest absolute Gasteiger partial charge is 0.479 e. The number of halogens is 1. The molecule has 0 bridgehead atoms. The van der Waals surface area contributed by atoms with E-state index in [0.29, 0.717) is 23.9 Å². The van der Waals surface area contributed by atoms with Gasteiger partial charge in [0, 0.05) is 20.2 Å². The molecule has 1 aromatic carbocycles. The third-order valence-electron chi connectivity index (χ3n) is 2.85. The Morgan fingerprint density at radius 2 is 2.19 bits per heavy atom. The van der Waals surface area contributed by atoms with E-state index in [9.17, 15) is 4.79 Å². The number of rotatable bonds is 9. The van der Waals surface area contributed by atoms with Crippen molar-refractivity contribution >= 4 is 17.5 Å². The van der Waals surface area contributed by atoms with Gasteiger partial charge in [0.25, 0.3) is 5.91 Å². The minimum absolute atomic E-state index is 0.195. The molecule has 0 aromatic heterocycles. The molecule has 0 saturated heterocycles. The summed E-state index contributed by atoms with van der Waals surface area (Å²) < 4.78 is 10.5. The zero-order valence-corrected chi connectivity index (χ0v) is 13.5. The third kappa shape index (κ3) is 6.33. The Morgan fingerprint density at radius 1 is 1.43 bits per heavy atom. The van der Waals surface area contributed by atoms with Gasteiger partial charge < -0.3 is 20.1 Å². The molecule has 1 atom stereocenters. The predicted octanol–water partition coefficient (Wildman–Crippen LogP) is 1.98. The van der Waals surface area contributed by atoms with Crippen molar-refractivity contribution in [1.82, 2.24) is 10.6 Å². The van der Waals surface area contributed by atoms with E-state index < -0.39 is 6.10 Å². The number of methoxy groups -OCH3 is 1. The van der Waals surface area contributed by atoms with Gasteiger partial charge >= 0.3 is 0 Å². The first-order valence-corrected chi connectivity index (χ1v) is 7.38. The number of carbonyl (C=O) groups excluding carboxylic acids is 1. The lowest BCUT2D eigenvalue weighted by molar-refractivity contribution is -0.127. The summed E-state index contributed by atoms with van der Waals surface area (Å²) in [6, 6.07) is 5.56. The number of nitrogens with one attached hydrogen (secondary N) is 2. The van der Waals surface area contributed by atoms with Crippen LogP contribution in [-0.4, -0.2) is 38.8 Å². The molecule has 0 aliphatic heterocycles. The Bertz CT molecular complexity index is 455. The lowest BCUT2D eigenvalue weighted by atomic mass is 10.2. The SMILES string of the molecule is CCNCc1ccc(OC(C)C(=O)NCCOC)c(Cl)c1. The van der Waals surface area contributed by atoms with Crippen LogP contribution in [0, 0.1) is 0 Å². The zero-order valence-electron chi connectivity index (χ0n) is 12.7. The number of amides is 1. The van der Waals surface area contributed by atoms with Crippen molar-refractivity contribution in [2.45, 2.75) is 26.5 Å². The Labute approximate surface area is 131 Å². The van der Waals surface area contributed by atoms with E-state index in [-0.39, 0.29) is 5.91 Å². The number of carbonyl (C=O) groups is 1. The lowest BCUT2D eigenvalue weighted by Crippen LogP contribution is -2.37. The van der Waals surface area contributed by atoms with E-state index in [0.717, 1.165) is 18.7 Å². The van der Waals surface area contributed by atoms with Crippen LogP contribution in [0.25, 0.3) is 0 Å². The van der Waals surface area contributed by atoms with Gasteiger partial charge in [-0.05, 0) is 31.2 Å². The van der Waals surface area contributed by atoms with Crippen molar-refractivity contribution in [2.75, 3.05) is 26.8 Å². The summed E-state index contributed by atoms with van der Waals surface area (Å²) in [5, 5.41) is 6.45. The summed E-state index contributed by atoms with van der Waals surface area (Å²) >= 11 is 6.18. The van der Waals surface area contributed by atoms with Crippen molar-refractivity contribution in [2.24, 2.45) is 0 Å². The average Bonchev–Trinajstić information content (AvgIpc) is 2.47. The molecular weight excluding hydrogens is 292 g/mol. The first-order valence-electron chi connectivity index (χ1n) is 7.01. The average molecular weight is 315 g/mol. The van der Waals surface area contributed by atoms with Gasteiger partial charge in [0.2, 0.25) is 0 Å². The fourth-order valence-electron chi connectivity index (χ4n) is 1.68. The standard InChI is InChI=1S/C15H23ClN2O3/c1-4-17-10-12-5-6-14(13(16)9-12)21-11(2)15(19)18-7-8-20-3/h5-6,9,11,17H,4,7-8,10H2,1-3H3,(H,18,19). The number of benzene rings is 1. The van der Waals surface area contributed by atoms with Crippen LogP contribution < -0.4 is 15.4 Å². The van der Waals surface area contributed by atoms with Crippen LogP contribution in [0.3, 0.4) is 0 Å². The van der Waals surface area contributed by atoms with E-state index in [1.165, 1.54) is 0 Å². The van der Waals surface area contributed by atoms with E-state index in [1.807, 2.05) is 19.1 Å². The Hall–Kier alpha value is -1.30. The molecule has 0 saturated carbocycles. The second-order valence-corrected chi connectivity index (χ2v) is 5.00. The molecule has 21 heavy (non-hydrogen) atoms. The number of hydrogen-bond donors (Lipinski definition) is 2. The fourth-order valence-corrected chi connectivity index (χ4v) is 1.93. The maximum atomic E-state index is 11.8. The maximum absolute atomic E-state index is 11.8. The van der Waals surface area contributed by atoms with Crippen LogP contribution in [0.15, 0.2) is 18.2 Å². The van der Waals surface area contributed by atoms with Gasteiger partial charge in [0.15, 0.2) is 6.10 Å². The smallest absolute Gasteiger partial charge is 0.260 e. The highest BCUT2D eigenvalue weighted by molar-refractivity contribution is 6.32. The van der Waals surface area contributed by atoms with Crippen molar-refractivity contribution in [3.05, 3.63) is 28.8 Å². The first kappa shape index (κ1) is 17.8. The molecule has 0 heterocycles. The summed E-state index contributed by atoms with van der Waals surface area (Å²) in [4.78, 5) is 11.8. The first-order chi connectivity index (χ1) is 10.1. The molecule has 1 amide bonds. The van der Waals surface area contributed by atoms with Gasteiger partial charge in [-0.2, -0.15) is 0 Å². The molecule has 5 nitrogen and oxygen atoms in total. The quantitative estimate of drug-likeness (QED) is 0.684. The van der Waals surface area contributed by atoms with Crippen molar-refractivity contribution in [1.29, 1.82) is 0 Å². The van der Waals surface area contributed by atoms with Crippen molar-refractivity contribution in [3.8, 4) is 5.75 Å². The molecule has 1 unspecified atom stereocenters. The molecule has 6 heteroatoms. The second kappa shape index (κ2) is 9.60. The normalized spacial score (nSPS) is 12.0. The maximum Gasteiger partial charge on any atom is 0.260 e. The van der Waals surface area contributed by atoms with Gasteiger partial charge in [-0.3, -0.25) is 4.79 Å². The third-order valence-corrected chi connectivity index (χ3v) is 3.15. The molecule has 0 aliphatic carbocycles. The fraction of sp³-hybridized carbons (Fsp3) is 0.533. The van der Waals surface area contributed by atoms with Gasteiger partial charge in [0.05, 0.1) is 11.6 Å². The van der Waals surface area contributed by atoms with Gasteiger partial charge in [-0.25, -0.2) is 0 Å². The lowest BCUT2D eigenvalue weighted by Gasteiger charge is -2.16. The highest BCUT2D eigenvalue weighted by atomic mass is 35.5. The molecule has 0 radical (unpaired) electrons. The van der Waals surface area contributed by atoms with E-state index in [2.05, 4.69) is 10.6 Å². The minimum Gasteiger partial charge on any atom is -0.479 e. The van der Waals surface area contributed by atoms with Crippen LogP contribution in [0.2, 0.25) is 5.02 Å². The van der Waals surface area contributed by atoms with Crippen LogP contribution >= 0.6 is 11.6 Å². The Morgan fingerprint density at radius 3 is 2.81 bits per heavy atom. The second-order valence-electron chi connectivity index (χ2n) is 4.59. The molecule has 1 aromatic rings. The molecule has 0 fully saturated rings. The number of hydrogen-bond acceptors (Lipinski definition) is 4. The predicted molar refractivity (Wildman–Crippen MR) is 83.8 cm³/mol. The Balaban J connectivity index is 2.55. The minimum atomic E-state index is -0.612. The number of ether oxygens (including phenoxy) is 2. The zero-order chi connectivity index (χ0) is 15.7. The summed E-state index contributed by atoms with van der Waals surface area (Å²) in [5.41, 5.74) is 1.08. The van der Waals surface area contributed by atoms with E-state index in [4.69, 9.17) is 21.1 Å². The van der Waals surface area contributed by atoms with Crippen LogP contribution in [0.5, 0.6) is 5.75 Å². The van der Waals surface area contributed by atoms with Crippen LogP contribution in [0.1, 0.15) is 19.4 Å². The van der Waals surface area contributed by atoms with Crippen molar-refractivity contribution < 1.29 is 14.3 Å². The summed E-state index contributed by atoms with van der Waals surface area (Å²) in [7, 11) is 1.58. The molecule has 0 aliphatic rings. The molecule has 0 spiro atoms. The van der Waals surface area contributed by atoms with E-state index in [1.54, 1.807) is 20.1 Å². The summed E-state index contributed by atoms with van der Waals surface area (Å²) in [5.74, 6) is 0.311.